The summed E-state index contributed by atoms with van der Waals surface area (Å²) in [7, 11) is 0. The molecule has 1 aliphatic rings. The van der Waals surface area contributed by atoms with Gasteiger partial charge in [0.2, 0.25) is 0 Å². The summed E-state index contributed by atoms with van der Waals surface area (Å²) in [6, 6.07) is 10.4. The van der Waals surface area contributed by atoms with E-state index in [9.17, 15) is 10.4 Å². The molecule has 0 aromatic heterocycles. The van der Waals surface area contributed by atoms with Gasteiger partial charge < -0.3 is 9.84 Å². The number of aliphatic hydroxyl groups is 1. The van der Waals surface area contributed by atoms with Crippen LogP contribution in [-0.4, -0.2) is 18.3 Å². The maximum absolute atomic E-state index is 10.6. The molecule has 1 saturated heterocycles. The van der Waals surface area contributed by atoms with Crippen LogP contribution >= 0.6 is 0 Å². The minimum Gasteiger partial charge on any atom is -0.387 e. The molecule has 20 heavy (non-hydrogen) atoms. The number of benzene rings is 1. The summed E-state index contributed by atoms with van der Waals surface area (Å²) in [4.78, 5) is 0. The zero-order chi connectivity index (χ0) is 14.6. The molecule has 3 nitrogen and oxygen atoms in total. The second kappa shape index (κ2) is 6.39. The lowest BCUT2D eigenvalue weighted by Crippen LogP contribution is -2.34. The third kappa shape index (κ3) is 3.20. The molecule has 0 amide bonds. The molecule has 1 N–H and O–H groups in total. The van der Waals surface area contributed by atoms with Crippen LogP contribution in [-0.2, 0) is 11.2 Å². The first-order valence-electron chi connectivity index (χ1n) is 7.33. The Bertz CT molecular complexity index is 467. The van der Waals surface area contributed by atoms with Crippen molar-refractivity contribution in [3.8, 4) is 6.07 Å². The normalized spacial score (nSPS) is 19.6. The van der Waals surface area contributed by atoms with Crippen LogP contribution < -0.4 is 0 Å². The summed E-state index contributed by atoms with van der Waals surface area (Å²) in [5.41, 5.74) is 1.41. The summed E-state index contributed by atoms with van der Waals surface area (Å²) in [6.07, 6.45) is 1.49. The van der Waals surface area contributed by atoms with Gasteiger partial charge in [-0.2, -0.15) is 5.26 Å². The van der Waals surface area contributed by atoms with Crippen molar-refractivity contribution < 1.29 is 9.84 Å². The van der Waals surface area contributed by atoms with E-state index in [0.717, 1.165) is 12.0 Å². The van der Waals surface area contributed by atoms with E-state index in [1.54, 1.807) is 0 Å². The van der Waals surface area contributed by atoms with E-state index >= 15 is 0 Å². The number of nitriles is 1. The number of rotatable bonds is 4. The highest BCUT2D eigenvalue weighted by Gasteiger charge is 2.40. The Morgan fingerprint density at radius 2 is 1.85 bits per heavy atom. The van der Waals surface area contributed by atoms with Crippen LogP contribution in [0.1, 0.15) is 43.9 Å². The average Bonchev–Trinajstić information content (AvgIpc) is 2.47. The van der Waals surface area contributed by atoms with Crippen LogP contribution in [0.2, 0.25) is 0 Å². The Hall–Kier alpha value is -1.37. The van der Waals surface area contributed by atoms with Gasteiger partial charge in [-0.05, 0) is 36.3 Å². The smallest absolute Gasteiger partial charge is 0.0978 e. The fourth-order valence-electron chi connectivity index (χ4n) is 2.81. The average molecular weight is 273 g/mol. The number of ether oxygens (including phenoxy) is 1. The molecule has 1 aromatic carbocycles. The van der Waals surface area contributed by atoms with Crippen molar-refractivity contribution >= 4 is 0 Å². The van der Waals surface area contributed by atoms with Gasteiger partial charge in [0.1, 0.15) is 0 Å². The Morgan fingerprint density at radius 1 is 1.25 bits per heavy atom. The highest BCUT2D eigenvalue weighted by molar-refractivity contribution is 5.27. The zero-order valence-corrected chi connectivity index (χ0v) is 12.3. The molecule has 0 saturated carbocycles. The van der Waals surface area contributed by atoms with E-state index in [4.69, 9.17) is 4.74 Å². The fourth-order valence-corrected chi connectivity index (χ4v) is 2.81. The van der Waals surface area contributed by atoms with E-state index in [1.807, 2.05) is 12.1 Å². The molecule has 108 valence electrons. The van der Waals surface area contributed by atoms with Gasteiger partial charge in [-0.15, -0.1) is 0 Å². The molecule has 0 bridgehead atoms. The van der Waals surface area contributed by atoms with E-state index in [-0.39, 0.29) is 0 Å². The molecule has 1 unspecified atom stereocenters. The minimum absolute atomic E-state index is 0.552. The van der Waals surface area contributed by atoms with E-state index in [0.29, 0.717) is 32.0 Å². The van der Waals surface area contributed by atoms with Crippen LogP contribution in [0.3, 0.4) is 0 Å². The first kappa shape index (κ1) is 15.0. The first-order chi connectivity index (χ1) is 9.57. The Labute approximate surface area is 121 Å². The van der Waals surface area contributed by atoms with E-state index in [2.05, 4.69) is 32.0 Å². The van der Waals surface area contributed by atoms with E-state index in [1.165, 1.54) is 5.56 Å². The van der Waals surface area contributed by atoms with Crippen LogP contribution in [0.15, 0.2) is 24.3 Å². The van der Waals surface area contributed by atoms with Gasteiger partial charge in [-0.25, -0.2) is 0 Å². The lowest BCUT2D eigenvalue weighted by Gasteiger charge is -2.35. The zero-order valence-electron chi connectivity index (χ0n) is 12.3. The summed E-state index contributed by atoms with van der Waals surface area (Å²) in [6.45, 7) is 5.48. The Morgan fingerprint density at radius 3 is 2.35 bits per heavy atom. The maximum atomic E-state index is 10.6. The number of aliphatic hydroxyl groups excluding tert-OH is 1. The number of hydrogen-bond donors (Lipinski definition) is 1. The topological polar surface area (TPSA) is 53.2 Å². The van der Waals surface area contributed by atoms with Crippen molar-refractivity contribution in [3.05, 3.63) is 35.4 Å². The molecule has 2 rings (SSSR count). The van der Waals surface area contributed by atoms with Gasteiger partial charge in [0.05, 0.1) is 17.6 Å². The van der Waals surface area contributed by atoms with Crippen LogP contribution in [0.25, 0.3) is 0 Å². The Balaban J connectivity index is 2.15. The third-order valence-corrected chi connectivity index (χ3v) is 4.07. The lowest BCUT2D eigenvalue weighted by atomic mass is 9.74. The van der Waals surface area contributed by atoms with Gasteiger partial charge in [0.15, 0.2) is 0 Å². The maximum Gasteiger partial charge on any atom is 0.0978 e. The fraction of sp³-hybridized carbons (Fsp3) is 0.588. The quantitative estimate of drug-likeness (QED) is 0.916. The molecule has 0 aliphatic carbocycles. The first-order valence-corrected chi connectivity index (χ1v) is 7.33. The largest absolute Gasteiger partial charge is 0.387 e. The molecule has 0 spiro atoms. The van der Waals surface area contributed by atoms with Crippen molar-refractivity contribution in [2.75, 3.05) is 13.2 Å². The lowest BCUT2D eigenvalue weighted by molar-refractivity contribution is -0.0310. The van der Waals surface area contributed by atoms with Gasteiger partial charge in [0.25, 0.3) is 0 Å². The molecule has 1 heterocycles. The molecule has 1 atom stereocenters. The van der Waals surface area contributed by atoms with Crippen LogP contribution in [0.5, 0.6) is 0 Å². The predicted octanol–water partition coefficient (Wildman–Crippen LogP) is 3.24. The highest BCUT2D eigenvalue weighted by atomic mass is 16.5. The van der Waals surface area contributed by atoms with Crippen molar-refractivity contribution in [3.63, 3.8) is 0 Å². The highest BCUT2D eigenvalue weighted by Crippen LogP contribution is 2.41. The summed E-state index contributed by atoms with van der Waals surface area (Å²) in [5, 5.41) is 20.1. The minimum atomic E-state index is -0.732. The molecule has 1 aliphatic heterocycles. The van der Waals surface area contributed by atoms with Crippen molar-refractivity contribution in [2.24, 2.45) is 11.3 Å². The molecular weight excluding hydrogens is 250 g/mol. The van der Waals surface area contributed by atoms with Gasteiger partial charge in [0, 0.05) is 13.2 Å². The summed E-state index contributed by atoms with van der Waals surface area (Å²) in [5.74, 6) is 0.617. The number of hydrogen-bond acceptors (Lipinski definition) is 3. The summed E-state index contributed by atoms with van der Waals surface area (Å²) < 4.78 is 5.31. The summed E-state index contributed by atoms with van der Waals surface area (Å²) >= 11 is 0. The van der Waals surface area contributed by atoms with Gasteiger partial charge >= 0.3 is 0 Å². The second-order valence-electron chi connectivity index (χ2n) is 6.12. The van der Waals surface area contributed by atoms with Gasteiger partial charge in [-0.3, -0.25) is 0 Å². The molecular formula is C17H23NO2. The Kier molecular flexibility index (Phi) is 4.80. The standard InChI is InChI=1S/C17H23NO2/c1-13(2)11-14-3-5-15(6-4-14)16(19)17(12-18)7-9-20-10-8-17/h3-6,13,16,19H,7-11H2,1-2H3. The molecule has 0 radical (unpaired) electrons. The number of nitrogens with zero attached hydrogens (tertiary/aromatic N) is 1. The van der Waals surface area contributed by atoms with E-state index < -0.39 is 11.5 Å². The SMILES string of the molecule is CC(C)Cc1ccc(C(O)C2(C#N)CCOCC2)cc1. The molecule has 1 aromatic rings. The third-order valence-electron chi connectivity index (χ3n) is 4.07. The monoisotopic (exact) mass is 273 g/mol. The van der Waals surface area contributed by atoms with Crippen molar-refractivity contribution in [2.45, 2.75) is 39.2 Å². The van der Waals surface area contributed by atoms with Crippen LogP contribution in [0.4, 0.5) is 0 Å². The molecule has 3 heteroatoms. The van der Waals surface area contributed by atoms with Crippen molar-refractivity contribution in [1.82, 2.24) is 0 Å². The molecule has 1 fully saturated rings. The second-order valence-corrected chi connectivity index (χ2v) is 6.12. The predicted molar refractivity (Wildman–Crippen MR) is 78.0 cm³/mol. The van der Waals surface area contributed by atoms with Crippen molar-refractivity contribution in [1.29, 1.82) is 5.26 Å². The van der Waals surface area contributed by atoms with Crippen LogP contribution in [0, 0.1) is 22.7 Å². The van der Waals surface area contributed by atoms with Gasteiger partial charge in [-0.1, -0.05) is 38.1 Å².